The summed E-state index contributed by atoms with van der Waals surface area (Å²) < 4.78 is 5.28. The van der Waals surface area contributed by atoms with E-state index in [-0.39, 0.29) is 0 Å². The molecule has 1 aromatic carbocycles. The summed E-state index contributed by atoms with van der Waals surface area (Å²) in [5.74, 6) is 2.44. The maximum absolute atomic E-state index is 6.07. The topological polar surface area (TPSA) is 21.3 Å². The van der Waals surface area contributed by atoms with Gasteiger partial charge in [0.05, 0.1) is 12.1 Å². The van der Waals surface area contributed by atoms with Gasteiger partial charge < -0.3 is 10.1 Å². The summed E-state index contributed by atoms with van der Waals surface area (Å²) in [5.41, 5.74) is 1.11. The molecule has 0 amide bonds. The monoisotopic (exact) mass is 295 g/mol. The standard InChI is InChI=1S/C17H26ClNO/c1-12(2)13-5-4-6-14(8-7-13)19-15-9-10-16(18)17(11-15)20-3/h9-14,19H,4-8H2,1-3H3. The van der Waals surface area contributed by atoms with E-state index >= 15 is 0 Å². The van der Waals surface area contributed by atoms with Crippen LogP contribution < -0.4 is 10.1 Å². The van der Waals surface area contributed by atoms with Gasteiger partial charge in [-0.2, -0.15) is 0 Å². The van der Waals surface area contributed by atoms with E-state index in [1.54, 1.807) is 7.11 Å². The first-order valence-electron chi connectivity index (χ1n) is 7.70. The van der Waals surface area contributed by atoms with Crippen LogP contribution in [0.25, 0.3) is 0 Å². The maximum atomic E-state index is 6.07. The second-order valence-corrected chi connectivity index (χ2v) is 6.61. The van der Waals surface area contributed by atoms with Crippen molar-refractivity contribution in [2.75, 3.05) is 12.4 Å². The molecule has 1 N–H and O–H groups in total. The Labute approximate surface area is 127 Å². The number of anilines is 1. The summed E-state index contributed by atoms with van der Waals surface area (Å²) in [7, 11) is 1.66. The minimum absolute atomic E-state index is 0.574. The molecule has 1 aliphatic carbocycles. The number of ether oxygens (including phenoxy) is 1. The third-order valence-electron chi connectivity index (χ3n) is 4.48. The highest BCUT2D eigenvalue weighted by Crippen LogP contribution is 2.32. The first kappa shape index (κ1) is 15.5. The molecule has 112 valence electrons. The van der Waals surface area contributed by atoms with Crippen LogP contribution in [0.4, 0.5) is 5.69 Å². The van der Waals surface area contributed by atoms with E-state index < -0.39 is 0 Å². The molecule has 0 bridgehead atoms. The Morgan fingerprint density at radius 3 is 2.70 bits per heavy atom. The van der Waals surface area contributed by atoms with Crippen molar-refractivity contribution in [1.29, 1.82) is 0 Å². The van der Waals surface area contributed by atoms with Crippen LogP contribution in [-0.4, -0.2) is 13.2 Å². The van der Waals surface area contributed by atoms with Crippen molar-refractivity contribution >= 4 is 17.3 Å². The van der Waals surface area contributed by atoms with Crippen molar-refractivity contribution in [3.8, 4) is 5.75 Å². The minimum atomic E-state index is 0.574. The summed E-state index contributed by atoms with van der Waals surface area (Å²) in [6.45, 7) is 4.70. The van der Waals surface area contributed by atoms with Gasteiger partial charge in [-0.05, 0) is 43.2 Å². The van der Waals surface area contributed by atoms with E-state index in [1.807, 2.05) is 18.2 Å². The van der Waals surface area contributed by atoms with Gasteiger partial charge >= 0.3 is 0 Å². The highest BCUT2D eigenvalue weighted by Gasteiger charge is 2.21. The molecule has 2 unspecified atom stereocenters. The SMILES string of the molecule is COc1cc(NC2CCCC(C(C)C)CC2)ccc1Cl. The average molecular weight is 296 g/mol. The molecule has 1 aliphatic rings. The molecule has 2 rings (SSSR count). The fourth-order valence-electron chi connectivity index (χ4n) is 3.13. The Morgan fingerprint density at radius 1 is 1.20 bits per heavy atom. The van der Waals surface area contributed by atoms with E-state index in [9.17, 15) is 0 Å². The van der Waals surface area contributed by atoms with Crippen LogP contribution in [0.5, 0.6) is 5.75 Å². The van der Waals surface area contributed by atoms with Crippen LogP contribution in [0.2, 0.25) is 5.02 Å². The van der Waals surface area contributed by atoms with E-state index in [0.29, 0.717) is 11.1 Å². The zero-order valence-electron chi connectivity index (χ0n) is 12.8. The van der Waals surface area contributed by atoms with E-state index in [4.69, 9.17) is 16.3 Å². The zero-order chi connectivity index (χ0) is 14.5. The molecule has 0 spiro atoms. The number of hydrogen-bond donors (Lipinski definition) is 1. The van der Waals surface area contributed by atoms with Crippen LogP contribution in [0.15, 0.2) is 18.2 Å². The van der Waals surface area contributed by atoms with Gasteiger partial charge in [-0.25, -0.2) is 0 Å². The lowest BCUT2D eigenvalue weighted by molar-refractivity contribution is 0.341. The highest BCUT2D eigenvalue weighted by molar-refractivity contribution is 6.32. The molecule has 20 heavy (non-hydrogen) atoms. The number of nitrogens with one attached hydrogen (secondary N) is 1. The Balaban J connectivity index is 1.96. The molecule has 0 aliphatic heterocycles. The maximum Gasteiger partial charge on any atom is 0.139 e. The van der Waals surface area contributed by atoms with Gasteiger partial charge in [0, 0.05) is 17.8 Å². The predicted octanol–water partition coefficient (Wildman–Crippen LogP) is 5.37. The van der Waals surface area contributed by atoms with Crippen molar-refractivity contribution in [1.82, 2.24) is 0 Å². The van der Waals surface area contributed by atoms with E-state index in [2.05, 4.69) is 19.2 Å². The fraction of sp³-hybridized carbons (Fsp3) is 0.647. The van der Waals surface area contributed by atoms with Crippen molar-refractivity contribution in [2.24, 2.45) is 11.8 Å². The van der Waals surface area contributed by atoms with Crippen LogP contribution in [0, 0.1) is 11.8 Å². The molecule has 1 fully saturated rings. The van der Waals surface area contributed by atoms with Crippen molar-refractivity contribution in [2.45, 2.75) is 52.0 Å². The largest absolute Gasteiger partial charge is 0.495 e. The van der Waals surface area contributed by atoms with Crippen LogP contribution >= 0.6 is 11.6 Å². The normalized spacial score (nSPS) is 23.4. The minimum Gasteiger partial charge on any atom is -0.495 e. The molecule has 2 atom stereocenters. The number of halogens is 1. The Kier molecular flexibility index (Phi) is 5.59. The van der Waals surface area contributed by atoms with Gasteiger partial charge in [-0.3, -0.25) is 0 Å². The molecular weight excluding hydrogens is 270 g/mol. The van der Waals surface area contributed by atoms with Crippen molar-refractivity contribution in [3.05, 3.63) is 23.2 Å². The lowest BCUT2D eigenvalue weighted by Gasteiger charge is -2.20. The van der Waals surface area contributed by atoms with Gasteiger partial charge in [-0.15, -0.1) is 0 Å². The van der Waals surface area contributed by atoms with E-state index in [1.165, 1.54) is 32.1 Å². The van der Waals surface area contributed by atoms with Gasteiger partial charge in [0.2, 0.25) is 0 Å². The fourth-order valence-corrected chi connectivity index (χ4v) is 3.32. The third-order valence-corrected chi connectivity index (χ3v) is 4.79. The van der Waals surface area contributed by atoms with Gasteiger partial charge in [0.15, 0.2) is 0 Å². The van der Waals surface area contributed by atoms with Crippen molar-refractivity contribution < 1.29 is 4.74 Å². The number of hydrogen-bond acceptors (Lipinski definition) is 2. The molecule has 0 radical (unpaired) electrons. The van der Waals surface area contributed by atoms with Crippen molar-refractivity contribution in [3.63, 3.8) is 0 Å². The molecule has 0 saturated heterocycles. The third kappa shape index (κ3) is 4.05. The number of methoxy groups -OCH3 is 1. The molecule has 1 aromatic rings. The second-order valence-electron chi connectivity index (χ2n) is 6.20. The Morgan fingerprint density at radius 2 is 2.00 bits per heavy atom. The van der Waals surface area contributed by atoms with E-state index in [0.717, 1.165) is 23.3 Å². The molecule has 3 heteroatoms. The summed E-state index contributed by atoms with van der Waals surface area (Å²) >= 11 is 6.07. The van der Waals surface area contributed by atoms with Gasteiger partial charge in [0.1, 0.15) is 5.75 Å². The van der Waals surface area contributed by atoms with Gasteiger partial charge in [0.25, 0.3) is 0 Å². The summed E-state index contributed by atoms with van der Waals surface area (Å²) in [6.07, 6.45) is 6.55. The summed E-state index contributed by atoms with van der Waals surface area (Å²) in [5, 5.41) is 4.31. The average Bonchev–Trinajstić information content (AvgIpc) is 2.66. The molecule has 0 aromatic heterocycles. The van der Waals surface area contributed by atoms with Gasteiger partial charge in [-0.1, -0.05) is 38.3 Å². The van der Waals surface area contributed by atoms with Crippen LogP contribution in [0.3, 0.4) is 0 Å². The molecule has 0 heterocycles. The number of benzene rings is 1. The Hall–Kier alpha value is -0.890. The Bertz CT molecular complexity index is 433. The summed E-state index contributed by atoms with van der Waals surface area (Å²) in [6, 6.07) is 6.50. The lowest BCUT2D eigenvalue weighted by atomic mass is 9.89. The predicted molar refractivity (Wildman–Crippen MR) is 86.8 cm³/mol. The van der Waals surface area contributed by atoms with Crippen LogP contribution in [-0.2, 0) is 0 Å². The highest BCUT2D eigenvalue weighted by atomic mass is 35.5. The molecule has 2 nitrogen and oxygen atoms in total. The zero-order valence-corrected chi connectivity index (χ0v) is 13.5. The molecular formula is C17H26ClNO. The summed E-state index contributed by atoms with van der Waals surface area (Å²) in [4.78, 5) is 0. The molecule has 1 saturated carbocycles. The first-order chi connectivity index (χ1) is 9.60. The number of rotatable bonds is 4. The van der Waals surface area contributed by atoms with Crippen LogP contribution in [0.1, 0.15) is 46.0 Å². The smallest absolute Gasteiger partial charge is 0.139 e. The first-order valence-corrected chi connectivity index (χ1v) is 8.08. The lowest BCUT2D eigenvalue weighted by Crippen LogP contribution is -2.18. The quantitative estimate of drug-likeness (QED) is 0.754. The second kappa shape index (κ2) is 7.21.